The lowest BCUT2D eigenvalue weighted by Gasteiger charge is -2.11. The summed E-state index contributed by atoms with van der Waals surface area (Å²) in [6, 6.07) is 7.95. The molecule has 88 valence electrons. The van der Waals surface area contributed by atoms with Crippen LogP contribution in [0.25, 0.3) is 10.9 Å². The predicted octanol–water partition coefficient (Wildman–Crippen LogP) is 3.65. The van der Waals surface area contributed by atoms with Gasteiger partial charge in [-0.3, -0.25) is 4.98 Å². The van der Waals surface area contributed by atoms with Gasteiger partial charge in [0.05, 0.1) is 5.52 Å². The summed E-state index contributed by atoms with van der Waals surface area (Å²) in [5.74, 6) is 0.893. The van der Waals surface area contributed by atoms with E-state index in [9.17, 15) is 0 Å². The van der Waals surface area contributed by atoms with E-state index in [-0.39, 0.29) is 6.10 Å². The zero-order chi connectivity index (χ0) is 12.0. The predicted molar refractivity (Wildman–Crippen MR) is 70.1 cm³/mol. The summed E-state index contributed by atoms with van der Waals surface area (Å²) in [7, 11) is 0. The van der Waals surface area contributed by atoms with E-state index < -0.39 is 4.84 Å². The number of aromatic nitrogens is 1. The van der Waals surface area contributed by atoms with Crippen LogP contribution in [-0.4, -0.2) is 15.9 Å². The molecule has 1 atom stereocenters. The van der Waals surface area contributed by atoms with Gasteiger partial charge < -0.3 is 4.74 Å². The van der Waals surface area contributed by atoms with Crippen molar-refractivity contribution in [1.29, 1.82) is 0 Å². The van der Waals surface area contributed by atoms with Crippen molar-refractivity contribution in [2.45, 2.75) is 24.3 Å². The Balaban J connectivity index is 2.20. The van der Waals surface area contributed by atoms with Gasteiger partial charge in [-0.05, 0) is 19.1 Å². The van der Waals surface area contributed by atoms with Crippen LogP contribution in [0, 0.1) is 6.92 Å². The van der Waals surface area contributed by atoms with Crippen LogP contribution in [0.2, 0.25) is 0 Å². The number of para-hydroxylation sites is 1. The van der Waals surface area contributed by atoms with E-state index in [1.54, 1.807) is 0 Å². The maximum Gasteiger partial charge on any atom is 0.144 e. The first kappa shape index (κ1) is 11.1. The lowest BCUT2D eigenvalue weighted by Crippen LogP contribution is -2.20. The van der Waals surface area contributed by atoms with Crippen molar-refractivity contribution < 1.29 is 4.74 Å². The summed E-state index contributed by atoms with van der Waals surface area (Å²) in [5, 5.41) is 1.03. The number of benzene rings is 1. The van der Waals surface area contributed by atoms with Gasteiger partial charge in [0.25, 0.3) is 0 Å². The van der Waals surface area contributed by atoms with Gasteiger partial charge in [-0.1, -0.05) is 12.1 Å². The first-order valence-electron chi connectivity index (χ1n) is 5.50. The van der Waals surface area contributed by atoms with Crippen molar-refractivity contribution >= 4 is 34.1 Å². The van der Waals surface area contributed by atoms with Crippen molar-refractivity contribution in [2.24, 2.45) is 0 Å². The molecule has 0 radical (unpaired) electrons. The number of aryl methyl sites for hydroxylation is 1. The standard InChI is InChI=1S/C13H11Cl2NO/c1-7-9-6-11(13(14)15)17-12(9)8-4-2-3-5-10(8)16-7/h2-5,11,13H,6H2,1H3. The SMILES string of the molecule is Cc1nc2ccccc2c2c1CC(C(Cl)Cl)O2. The van der Waals surface area contributed by atoms with Crippen molar-refractivity contribution in [2.75, 3.05) is 0 Å². The van der Waals surface area contributed by atoms with E-state index in [0.29, 0.717) is 0 Å². The van der Waals surface area contributed by atoms with Gasteiger partial charge in [0.2, 0.25) is 0 Å². The highest BCUT2D eigenvalue weighted by Gasteiger charge is 2.31. The van der Waals surface area contributed by atoms with E-state index in [2.05, 4.69) is 4.98 Å². The van der Waals surface area contributed by atoms with E-state index in [1.807, 2.05) is 31.2 Å². The summed E-state index contributed by atoms with van der Waals surface area (Å²) < 4.78 is 5.86. The Kier molecular flexibility index (Phi) is 2.64. The molecule has 1 aromatic heterocycles. The highest BCUT2D eigenvalue weighted by atomic mass is 35.5. The van der Waals surface area contributed by atoms with E-state index in [4.69, 9.17) is 27.9 Å². The summed E-state index contributed by atoms with van der Waals surface area (Å²) in [4.78, 5) is 4.06. The topological polar surface area (TPSA) is 22.1 Å². The molecule has 1 unspecified atom stereocenters. The smallest absolute Gasteiger partial charge is 0.144 e. The molecule has 1 aliphatic heterocycles. The highest BCUT2D eigenvalue weighted by molar-refractivity contribution is 6.44. The number of fused-ring (bicyclic) bond motifs is 3. The van der Waals surface area contributed by atoms with E-state index in [0.717, 1.165) is 34.3 Å². The van der Waals surface area contributed by atoms with Crippen LogP contribution in [-0.2, 0) is 6.42 Å². The third-order valence-electron chi connectivity index (χ3n) is 3.10. The summed E-state index contributed by atoms with van der Waals surface area (Å²) >= 11 is 11.8. The largest absolute Gasteiger partial charge is 0.486 e. The summed E-state index contributed by atoms with van der Waals surface area (Å²) in [6.45, 7) is 1.99. The van der Waals surface area contributed by atoms with Gasteiger partial charge in [0.1, 0.15) is 16.7 Å². The van der Waals surface area contributed by atoms with Gasteiger partial charge in [0, 0.05) is 23.1 Å². The number of hydrogen-bond acceptors (Lipinski definition) is 2. The molecule has 2 heterocycles. The number of hydrogen-bond donors (Lipinski definition) is 0. The molecule has 0 bridgehead atoms. The lowest BCUT2D eigenvalue weighted by atomic mass is 10.1. The molecule has 0 amide bonds. The minimum absolute atomic E-state index is 0.167. The van der Waals surface area contributed by atoms with E-state index in [1.165, 1.54) is 0 Å². The number of rotatable bonds is 1. The minimum Gasteiger partial charge on any atom is -0.486 e. The van der Waals surface area contributed by atoms with Gasteiger partial charge in [-0.2, -0.15) is 0 Å². The second-order valence-corrected chi connectivity index (χ2v) is 5.38. The second kappa shape index (κ2) is 4.04. The zero-order valence-electron chi connectivity index (χ0n) is 9.28. The molecular formula is C13H11Cl2NO. The Morgan fingerprint density at radius 1 is 1.35 bits per heavy atom. The average molecular weight is 268 g/mol. The first-order valence-corrected chi connectivity index (χ1v) is 6.37. The third-order valence-corrected chi connectivity index (χ3v) is 3.67. The van der Waals surface area contributed by atoms with Crippen LogP contribution < -0.4 is 4.74 Å². The van der Waals surface area contributed by atoms with Crippen LogP contribution >= 0.6 is 23.2 Å². The zero-order valence-corrected chi connectivity index (χ0v) is 10.8. The lowest BCUT2D eigenvalue weighted by molar-refractivity contribution is 0.250. The van der Waals surface area contributed by atoms with Crippen LogP contribution in [0.3, 0.4) is 0 Å². The number of pyridine rings is 1. The van der Waals surface area contributed by atoms with Gasteiger partial charge in [0.15, 0.2) is 0 Å². The van der Waals surface area contributed by atoms with Crippen LogP contribution in [0.4, 0.5) is 0 Å². The normalized spacial score (nSPS) is 18.5. The molecule has 0 aliphatic carbocycles. The minimum atomic E-state index is -0.513. The molecule has 0 saturated heterocycles. The molecule has 0 fully saturated rings. The Morgan fingerprint density at radius 2 is 2.12 bits per heavy atom. The number of nitrogens with zero attached hydrogens (tertiary/aromatic N) is 1. The van der Waals surface area contributed by atoms with E-state index >= 15 is 0 Å². The Morgan fingerprint density at radius 3 is 2.88 bits per heavy atom. The second-order valence-electron chi connectivity index (χ2n) is 4.22. The Labute approximate surface area is 110 Å². The van der Waals surface area contributed by atoms with Crippen molar-refractivity contribution in [3.8, 4) is 5.75 Å². The Bertz CT molecular complexity index is 583. The van der Waals surface area contributed by atoms with Crippen molar-refractivity contribution in [1.82, 2.24) is 4.98 Å². The molecule has 17 heavy (non-hydrogen) atoms. The Hall–Kier alpha value is -0.990. The molecule has 1 aliphatic rings. The maximum atomic E-state index is 5.90. The molecule has 2 aromatic rings. The number of alkyl halides is 2. The maximum absolute atomic E-state index is 5.90. The van der Waals surface area contributed by atoms with Gasteiger partial charge in [-0.15, -0.1) is 23.2 Å². The molecule has 0 saturated carbocycles. The summed E-state index contributed by atoms with van der Waals surface area (Å²) in [5.41, 5.74) is 3.07. The molecule has 3 rings (SSSR count). The molecular weight excluding hydrogens is 257 g/mol. The van der Waals surface area contributed by atoms with Gasteiger partial charge in [-0.25, -0.2) is 0 Å². The fraction of sp³-hybridized carbons (Fsp3) is 0.308. The molecule has 0 spiro atoms. The molecule has 4 heteroatoms. The van der Waals surface area contributed by atoms with Gasteiger partial charge >= 0.3 is 0 Å². The van der Waals surface area contributed by atoms with Crippen LogP contribution in [0.15, 0.2) is 24.3 Å². The first-order chi connectivity index (χ1) is 8.16. The molecule has 2 nitrogen and oxygen atoms in total. The molecule has 1 aromatic carbocycles. The van der Waals surface area contributed by atoms with Crippen LogP contribution in [0.1, 0.15) is 11.3 Å². The summed E-state index contributed by atoms with van der Waals surface area (Å²) in [6.07, 6.45) is 0.566. The average Bonchev–Trinajstić information content (AvgIpc) is 2.75. The third kappa shape index (κ3) is 1.76. The van der Waals surface area contributed by atoms with Crippen molar-refractivity contribution in [3.05, 3.63) is 35.5 Å². The monoisotopic (exact) mass is 267 g/mol. The van der Waals surface area contributed by atoms with Crippen molar-refractivity contribution in [3.63, 3.8) is 0 Å². The highest BCUT2D eigenvalue weighted by Crippen LogP contribution is 2.39. The van der Waals surface area contributed by atoms with Crippen LogP contribution in [0.5, 0.6) is 5.75 Å². The number of halogens is 2. The fourth-order valence-corrected chi connectivity index (χ4v) is 2.53. The fourth-order valence-electron chi connectivity index (χ4n) is 2.25. The quantitative estimate of drug-likeness (QED) is 0.736. The molecule has 0 N–H and O–H groups in total. The number of ether oxygens (including phenoxy) is 1.